The molecule has 27 heavy (non-hydrogen) atoms. The highest BCUT2D eigenvalue weighted by Crippen LogP contribution is 2.47. The van der Waals surface area contributed by atoms with Crippen molar-refractivity contribution in [1.29, 1.82) is 0 Å². The van der Waals surface area contributed by atoms with Crippen LogP contribution < -0.4 is 26.0 Å². The summed E-state index contributed by atoms with van der Waals surface area (Å²) in [5, 5.41) is 3.09. The molecule has 8 heteroatoms. The third-order valence-electron chi connectivity index (χ3n) is 5.03. The highest BCUT2D eigenvalue weighted by Gasteiger charge is 2.39. The number of benzene rings is 1. The number of Topliss-reactive ketones (excluding diaryl/α,β-unsaturated/α-hetero) is 1. The van der Waals surface area contributed by atoms with E-state index in [-0.39, 0.29) is 11.3 Å². The molecule has 1 aliphatic heterocycles. The number of nitrogens with one attached hydrogen (secondary N) is 3. The molecule has 0 saturated carbocycles. The van der Waals surface area contributed by atoms with Crippen LogP contribution in [-0.4, -0.2) is 30.0 Å². The first-order valence-corrected chi connectivity index (χ1v) is 8.65. The van der Waals surface area contributed by atoms with Crippen molar-refractivity contribution in [1.82, 2.24) is 9.97 Å². The second-order valence-corrected chi connectivity index (χ2v) is 6.51. The molecule has 0 radical (unpaired) electrons. The van der Waals surface area contributed by atoms with Gasteiger partial charge in [-0.2, -0.15) is 0 Å². The number of ether oxygens (including phenoxy) is 2. The number of hydrogen-bond acceptors (Lipinski definition) is 6. The lowest BCUT2D eigenvalue weighted by molar-refractivity contribution is -0.116. The molecule has 3 N–H and O–H groups in total. The maximum Gasteiger partial charge on any atom is 0.327 e. The smallest absolute Gasteiger partial charge is 0.327 e. The molecule has 1 atom stereocenters. The number of rotatable bonds is 3. The fraction of sp³-hybridized carbons (Fsp3) is 0.316. The lowest BCUT2D eigenvalue weighted by Crippen LogP contribution is -2.36. The second kappa shape index (κ2) is 6.46. The zero-order valence-corrected chi connectivity index (χ0v) is 15.0. The summed E-state index contributed by atoms with van der Waals surface area (Å²) in [6.07, 6.45) is 1.80. The van der Waals surface area contributed by atoms with E-state index in [1.165, 1.54) is 14.2 Å². The summed E-state index contributed by atoms with van der Waals surface area (Å²) >= 11 is 0. The minimum absolute atomic E-state index is 0.0186. The summed E-state index contributed by atoms with van der Waals surface area (Å²) in [7, 11) is 3.04. The summed E-state index contributed by atoms with van der Waals surface area (Å²) < 4.78 is 10.9. The minimum Gasteiger partial charge on any atom is -0.493 e. The number of methoxy groups -OCH3 is 2. The Morgan fingerprint density at radius 3 is 2.59 bits per heavy atom. The number of anilines is 1. The Bertz CT molecular complexity index is 1080. The Balaban J connectivity index is 2.06. The molecule has 1 aromatic heterocycles. The molecular weight excluding hydrogens is 350 g/mol. The number of carbonyl (C=O) groups is 1. The van der Waals surface area contributed by atoms with Crippen molar-refractivity contribution in [2.45, 2.75) is 25.2 Å². The quantitative estimate of drug-likeness (QED) is 0.758. The number of hydrogen-bond donors (Lipinski definition) is 3. The molecule has 0 amide bonds. The van der Waals surface area contributed by atoms with Crippen LogP contribution in [0.3, 0.4) is 0 Å². The van der Waals surface area contributed by atoms with Gasteiger partial charge >= 0.3 is 5.69 Å². The van der Waals surface area contributed by atoms with Crippen molar-refractivity contribution >= 4 is 11.6 Å². The van der Waals surface area contributed by atoms with Crippen LogP contribution in [0.1, 0.15) is 36.3 Å². The number of H-pyrrole nitrogens is 2. The lowest BCUT2D eigenvalue weighted by atomic mass is 9.76. The molecule has 2 aliphatic rings. The van der Waals surface area contributed by atoms with Crippen molar-refractivity contribution in [2.75, 3.05) is 19.5 Å². The van der Waals surface area contributed by atoms with Gasteiger partial charge in [0.1, 0.15) is 5.82 Å². The standard InChI is InChI=1S/C19H19N3O5/c1-26-12-8-3-5-9(16(12)27-2)13-14-10(6-4-7-11(14)23)20-17-15(13)18(24)22-19(25)21-17/h3,5,8,13H,4,6-7H2,1-2H3,(H3,20,21,22,24,25)/t13-/m0/s1. The maximum atomic E-state index is 12.8. The molecule has 1 aliphatic carbocycles. The monoisotopic (exact) mass is 369 g/mol. The van der Waals surface area contributed by atoms with Crippen LogP contribution >= 0.6 is 0 Å². The molecule has 0 spiro atoms. The predicted octanol–water partition coefficient (Wildman–Crippen LogP) is 1.64. The van der Waals surface area contributed by atoms with Crippen molar-refractivity contribution < 1.29 is 14.3 Å². The number of aromatic nitrogens is 2. The van der Waals surface area contributed by atoms with E-state index >= 15 is 0 Å². The Morgan fingerprint density at radius 1 is 1.04 bits per heavy atom. The van der Waals surface area contributed by atoms with Gasteiger partial charge < -0.3 is 14.8 Å². The Hall–Kier alpha value is -3.29. The fourth-order valence-electron chi connectivity index (χ4n) is 3.94. The van der Waals surface area contributed by atoms with Crippen molar-refractivity contribution in [3.05, 3.63) is 61.4 Å². The average Bonchev–Trinajstić information content (AvgIpc) is 2.65. The number of ketones is 1. The van der Waals surface area contributed by atoms with E-state index in [2.05, 4.69) is 15.3 Å². The topological polar surface area (TPSA) is 113 Å². The number of allylic oxidation sites excluding steroid dienone is 2. The molecule has 4 rings (SSSR count). The molecule has 0 bridgehead atoms. The molecular formula is C19H19N3O5. The van der Waals surface area contributed by atoms with E-state index in [1.807, 2.05) is 0 Å². The van der Waals surface area contributed by atoms with Gasteiger partial charge in [0.25, 0.3) is 5.56 Å². The van der Waals surface area contributed by atoms with Gasteiger partial charge in [-0.15, -0.1) is 0 Å². The summed E-state index contributed by atoms with van der Waals surface area (Å²) in [6.45, 7) is 0. The van der Waals surface area contributed by atoms with Crippen LogP contribution in [0, 0.1) is 0 Å². The zero-order valence-electron chi connectivity index (χ0n) is 15.0. The molecule has 1 aromatic carbocycles. The summed E-state index contributed by atoms with van der Waals surface area (Å²) in [5.41, 5.74) is 1.05. The Kier molecular flexibility index (Phi) is 4.10. The first kappa shape index (κ1) is 17.1. The second-order valence-electron chi connectivity index (χ2n) is 6.51. The average molecular weight is 369 g/mol. The number of fused-ring (bicyclic) bond motifs is 1. The van der Waals surface area contributed by atoms with Gasteiger partial charge in [0, 0.05) is 23.3 Å². The van der Waals surface area contributed by atoms with E-state index in [4.69, 9.17) is 9.47 Å². The van der Waals surface area contributed by atoms with Gasteiger partial charge in [0.2, 0.25) is 0 Å². The number of aromatic amines is 2. The molecule has 8 nitrogen and oxygen atoms in total. The van der Waals surface area contributed by atoms with E-state index in [0.717, 1.165) is 12.1 Å². The first-order chi connectivity index (χ1) is 13.0. The van der Waals surface area contributed by atoms with Gasteiger partial charge in [0.15, 0.2) is 17.3 Å². The predicted molar refractivity (Wildman–Crippen MR) is 98.6 cm³/mol. The van der Waals surface area contributed by atoms with E-state index < -0.39 is 17.2 Å². The Labute approximate surface area is 154 Å². The molecule has 0 saturated heterocycles. The van der Waals surface area contributed by atoms with Crippen LogP contribution in [0.25, 0.3) is 0 Å². The number of para-hydroxylation sites is 1. The summed E-state index contributed by atoms with van der Waals surface area (Å²) in [6, 6.07) is 5.34. The fourth-order valence-corrected chi connectivity index (χ4v) is 3.94. The third-order valence-corrected chi connectivity index (χ3v) is 5.03. The van der Waals surface area contributed by atoms with Gasteiger partial charge in [-0.1, -0.05) is 12.1 Å². The zero-order chi connectivity index (χ0) is 19.1. The maximum absolute atomic E-state index is 12.8. The molecule has 0 unspecified atom stereocenters. The minimum atomic E-state index is -0.658. The van der Waals surface area contributed by atoms with Gasteiger partial charge in [-0.25, -0.2) is 4.79 Å². The molecule has 0 fully saturated rings. The van der Waals surface area contributed by atoms with Crippen molar-refractivity contribution in [3.8, 4) is 11.5 Å². The number of carbonyl (C=O) groups excluding carboxylic acids is 1. The van der Waals surface area contributed by atoms with Crippen LogP contribution in [0.15, 0.2) is 39.1 Å². The summed E-state index contributed by atoms with van der Waals surface area (Å²) in [5.74, 6) is 0.590. The van der Waals surface area contributed by atoms with Crippen LogP contribution in [0.2, 0.25) is 0 Å². The summed E-state index contributed by atoms with van der Waals surface area (Å²) in [4.78, 5) is 42.2. The van der Waals surface area contributed by atoms with E-state index in [9.17, 15) is 14.4 Å². The normalized spacial score (nSPS) is 18.4. The highest BCUT2D eigenvalue weighted by molar-refractivity contribution is 6.01. The van der Waals surface area contributed by atoms with Gasteiger partial charge in [-0.05, 0) is 18.9 Å². The Morgan fingerprint density at radius 2 is 1.85 bits per heavy atom. The van der Waals surface area contributed by atoms with Crippen LogP contribution in [0.4, 0.5) is 5.82 Å². The third kappa shape index (κ3) is 2.64. The molecule has 140 valence electrons. The van der Waals surface area contributed by atoms with Crippen LogP contribution in [-0.2, 0) is 4.79 Å². The molecule has 2 heterocycles. The lowest BCUT2D eigenvalue weighted by Gasteiger charge is -2.33. The molecule has 2 aromatic rings. The SMILES string of the molecule is COc1cccc([C@H]2C3=C(CCCC3=O)Nc3[nH]c(=O)[nH]c(=O)c32)c1OC. The largest absolute Gasteiger partial charge is 0.493 e. The van der Waals surface area contributed by atoms with Gasteiger partial charge in [0.05, 0.1) is 25.7 Å². The van der Waals surface area contributed by atoms with E-state index in [1.54, 1.807) is 18.2 Å². The van der Waals surface area contributed by atoms with Crippen LogP contribution in [0.5, 0.6) is 11.5 Å². The highest BCUT2D eigenvalue weighted by atomic mass is 16.5. The van der Waals surface area contributed by atoms with Crippen molar-refractivity contribution in [3.63, 3.8) is 0 Å². The first-order valence-electron chi connectivity index (χ1n) is 8.65. The van der Waals surface area contributed by atoms with Gasteiger partial charge in [-0.3, -0.25) is 19.6 Å². The van der Waals surface area contributed by atoms with E-state index in [0.29, 0.717) is 41.3 Å². The van der Waals surface area contributed by atoms with Crippen molar-refractivity contribution in [2.24, 2.45) is 0 Å².